The Bertz CT molecular complexity index is 352. The summed E-state index contributed by atoms with van der Waals surface area (Å²) in [6.45, 7) is 2.24. The van der Waals surface area contributed by atoms with Gasteiger partial charge in [0.1, 0.15) is 0 Å². The van der Waals surface area contributed by atoms with Crippen molar-refractivity contribution >= 4 is 23.2 Å². The first-order valence-electron chi connectivity index (χ1n) is 6.81. The molecule has 1 nitrogen and oxygen atoms in total. The number of unbranched alkanes of at least 4 members (excludes halogenated alkanes) is 4. The van der Waals surface area contributed by atoms with E-state index in [1.807, 2.05) is 25.2 Å². The SMILES string of the molecule is CCCCCCCC(NC)c1ccc(Cl)cc1Cl. The van der Waals surface area contributed by atoms with E-state index in [0.717, 1.165) is 17.0 Å². The second kappa shape index (κ2) is 8.79. The summed E-state index contributed by atoms with van der Waals surface area (Å²) in [6, 6.07) is 6.08. The van der Waals surface area contributed by atoms with E-state index in [2.05, 4.69) is 12.2 Å². The zero-order valence-electron chi connectivity index (χ0n) is 11.3. The molecule has 1 aromatic carbocycles. The Morgan fingerprint density at radius 2 is 1.83 bits per heavy atom. The molecule has 0 aliphatic carbocycles. The zero-order valence-corrected chi connectivity index (χ0v) is 12.8. The summed E-state index contributed by atoms with van der Waals surface area (Å²) in [6.07, 6.45) is 7.63. The van der Waals surface area contributed by atoms with Gasteiger partial charge in [0.05, 0.1) is 0 Å². The number of halogens is 2. The maximum atomic E-state index is 6.24. The molecule has 0 heterocycles. The van der Waals surface area contributed by atoms with Gasteiger partial charge < -0.3 is 5.32 Å². The van der Waals surface area contributed by atoms with Crippen molar-refractivity contribution in [3.63, 3.8) is 0 Å². The summed E-state index contributed by atoms with van der Waals surface area (Å²) in [5, 5.41) is 4.80. The summed E-state index contributed by atoms with van der Waals surface area (Å²) in [5.41, 5.74) is 1.15. The van der Waals surface area contributed by atoms with Crippen molar-refractivity contribution in [3.05, 3.63) is 33.8 Å². The Morgan fingerprint density at radius 3 is 2.44 bits per heavy atom. The molecule has 3 heteroatoms. The largest absolute Gasteiger partial charge is 0.313 e. The summed E-state index contributed by atoms with van der Waals surface area (Å²) in [7, 11) is 1.99. The predicted octanol–water partition coefficient (Wildman–Crippen LogP) is 5.61. The van der Waals surface area contributed by atoms with E-state index in [0.29, 0.717) is 11.1 Å². The first kappa shape index (κ1) is 15.8. The van der Waals surface area contributed by atoms with Crippen LogP contribution in [0.5, 0.6) is 0 Å². The minimum absolute atomic E-state index is 0.330. The molecule has 1 rings (SSSR count). The monoisotopic (exact) mass is 287 g/mol. The normalized spacial score (nSPS) is 12.7. The summed E-state index contributed by atoms with van der Waals surface area (Å²) in [5.74, 6) is 0. The number of nitrogens with one attached hydrogen (secondary N) is 1. The van der Waals surface area contributed by atoms with Gasteiger partial charge in [0, 0.05) is 16.1 Å². The van der Waals surface area contributed by atoms with E-state index in [1.165, 1.54) is 32.1 Å². The van der Waals surface area contributed by atoms with Crippen molar-refractivity contribution in [1.82, 2.24) is 5.32 Å². The van der Waals surface area contributed by atoms with Gasteiger partial charge in [-0.15, -0.1) is 0 Å². The molecule has 1 N–H and O–H groups in total. The molecule has 0 amide bonds. The van der Waals surface area contributed by atoms with E-state index >= 15 is 0 Å². The Balaban J connectivity index is 2.49. The molecule has 0 aliphatic heterocycles. The minimum atomic E-state index is 0.330. The number of rotatable bonds is 8. The first-order valence-corrected chi connectivity index (χ1v) is 7.56. The molecule has 0 aromatic heterocycles. The average Bonchev–Trinajstić information content (AvgIpc) is 2.35. The Hall–Kier alpha value is -0.240. The molecule has 102 valence electrons. The second-order valence-electron chi connectivity index (χ2n) is 4.71. The third kappa shape index (κ3) is 5.17. The van der Waals surface area contributed by atoms with Gasteiger partial charge in [-0.25, -0.2) is 0 Å². The molecule has 0 saturated carbocycles. The van der Waals surface area contributed by atoms with Gasteiger partial charge >= 0.3 is 0 Å². The molecule has 1 unspecified atom stereocenters. The van der Waals surface area contributed by atoms with Crippen LogP contribution >= 0.6 is 23.2 Å². The van der Waals surface area contributed by atoms with Gasteiger partial charge in [0.15, 0.2) is 0 Å². The van der Waals surface area contributed by atoms with Crippen molar-refractivity contribution in [2.75, 3.05) is 7.05 Å². The summed E-state index contributed by atoms with van der Waals surface area (Å²) >= 11 is 12.2. The standard InChI is InChI=1S/C15H23Cl2N/c1-3-4-5-6-7-8-15(18-2)13-10-9-12(16)11-14(13)17/h9-11,15,18H,3-8H2,1-2H3. The van der Waals surface area contributed by atoms with E-state index in [1.54, 1.807) is 0 Å². The molecule has 0 radical (unpaired) electrons. The van der Waals surface area contributed by atoms with Crippen LogP contribution in [0.2, 0.25) is 10.0 Å². The third-order valence-electron chi connectivity index (χ3n) is 3.28. The van der Waals surface area contributed by atoms with E-state index in [4.69, 9.17) is 23.2 Å². The maximum absolute atomic E-state index is 6.24. The highest BCUT2D eigenvalue weighted by Crippen LogP contribution is 2.29. The Kier molecular flexibility index (Phi) is 7.73. The van der Waals surface area contributed by atoms with E-state index < -0.39 is 0 Å². The molecule has 1 aromatic rings. The highest BCUT2D eigenvalue weighted by molar-refractivity contribution is 6.35. The van der Waals surface area contributed by atoms with Crippen LogP contribution < -0.4 is 5.32 Å². The van der Waals surface area contributed by atoms with Crippen LogP contribution in [-0.4, -0.2) is 7.05 Å². The number of hydrogen-bond acceptors (Lipinski definition) is 1. The lowest BCUT2D eigenvalue weighted by atomic mass is 10.00. The summed E-state index contributed by atoms with van der Waals surface area (Å²) in [4.78, 5) is 0. The quantitative estimate of drug-likeness (QED) is 0.613. The van der Waals surface area contributed by atoms with Crippen LogP contribution in [0.1, 0.15) is 57.1 Å². The van der Waals surface area contributed by atoms with Gasteiger partial charge in [-0.05, 0) is 31.2 Å². The summed E-state index contributed by atoms with van der Waals surface area (Å²) < 4.78 is 0. The lowest BCUT2D eigenvalue weighted by Crippen LogP contribution is -2.16. The Labute approximate surface area is 121 Å². The molecule has 0 fully saturated rings. The second-order valence-corrected chi connectivity index (χ2v) is 5.55. The molecule has 1 atom stereocenters. The Morgan fingerprint density at radius 1 is 1.11 bits per heavy atom. The van der Waals surface area contributed by atoms with Crippen LogP contribution in [0.3, 0.4) is 0 Å². The highest BCUT2D eigenvalue weighted by Gasteiger charge is 2.12. The van der Waals surface area contributed by atoms with Gasteiger partial charge in [-0.3, -0.25) is 0 Å². The van der Waals surface area contributed by atoms with Crippen LogP contribution in [0.25, 0.3) is 0 Å². The third-order valence-corrected chi connectivity index (χ3v) is 3.85. The molecule has 0 bridgehead atoms. The van der Waals surface area contributed by atoms with Crippen molar-refractivity contribution in [2.24, 2.45) is 0 Å². The average molecular weight is 288 g/mol. The topological polar surface area (TPSA) is 12.0 Å². The van der Waals surface area contributed by atoms with Crippen LogP contribution in [-0.2, 0) is 0 Å². The molecule has 18 heavy (non-hydrogen) atoms. The maximum Gasteiger partial charge on any atom is 0.0468 e. The number of hydrogen-bond donors (Lipinski definition) is 1. The van der Waals surface area contributed by atoms with Crippen molar-refractivity contribution in [3.8, 4) is 0 Å². The molecule has 0 saturated heterocycles. The molecule has 0 aliphatic rings. The molecular weight excluding hydrogens is 265 g/mol. The van der Waals surface area contributed by atoms with E-state index in [9.17, 15) is 0 Å². The van der Waals surface area contributed by atoms with Crippen molar-refractivity contribution in [1.29, 1.82) is 0 Å². The van der Waals surface area contributed by atoms with Gasteiger partial charge in [0.25, 0.3) is 0 Å². The van der Waals surface area contributed by atoms with Gasteiger partial charge in [-0.1, -0.05) is 68.3 Å². The fraction of sp³-hybridized carbons (Fsp3) is 0.600. The van der Waals surface area contributed by atoms with Gasteiger partial charge in [0.2, 0.25) is 0 Å². The van der Waals surface area contributed by atoms with Crippen molar-refractivity contribution in [2.45, 2.75) is 51.5 Å². The van der Waals surface area contributed by atoms with Crippen LogP contribution in [0, 0.1) is 0 Å². The molecular formula is C15H23Cl2N. The fourth-order valence-electron chi connectivity index (χ4n) is 2.19. The van der Waals surface area contributed by atoms with Crippen LogP contribution in [0.4, 0.5) is 0 Å². The predicted molar refractivity (Wildman–Crippen MR) is 81.6 cm³/mol. The number of benzene rings is 1. The highest BCUT2D eigenvalue weighted by atomic mass is 35.5. The van der Waals surface area contributed by atoms with E-state index in [-0.39, 0.29) is 0 Å². The lowest BCUT2D eigenvalue weighted by Gasteiger charge is -2.18. The first-order chi connectivity index (χ1) is 8.69. The fourth-order valence-corrected chi connectivity index (χ4v) is 2.73. The lowest BCUT2D eigenvalue weighted by molar-refractivity contribution is 0.501. The van der Waals surface area contributed by atoms with Gasteiger partial charge in [-0.2, -0.15) is 0 Å². The molecule has 0 spiro atoms. The van der Waals surface area contributed by atoms with Crippen LogP contribution in [0.15, 0.2) is 18.2 Å². The van der Waals surface area contributed by atoms with Crippen molar-refractivity contribution < 1.29 is 0 Å². The zero-order chi connectivity index (χ0) is 13.4. The smallest absolute Gasteiger partial charge is 0.0468 e. The minimum Gasteiger partial charge on any atom is -0.313 e.